The predicted molar refractivity (Wildman–Crippen MR) is 62.4 cm³/mol. The molecular formula is C9H7FN4O2S. The summed E-state index contributed by atoms with van der Waals surface area (Å²) < 4.78 is 13.0. The van der Waals surface area contributed by atoms with Crippen LogP contribution in [0, 0.1) is 27.4 Å². The normalized spacial score (nSPS) is 10.8. The van der Waals surface area contributed by atoms with E-state index in [0.717, 1.165) is 30.0 Å². The van der Waals surface area contributed by atoms with E-state index in [1.165, 1.54) is 0 Å². The number of nitriles is 1. The highest BCUT2D eigenvalue weighted by molar-refractivity contribution is 8.13. The van der Waals surface area contributed by atoms with Crippen LogP contribution in [0.15, 0.2) is 23.2 Å². The average molecular weight is 254 g/mol. The smallest absolute Gasteiger partial charge is 0.271 e. The topological polar surface area (TPSA) is 91.3 Å². The fraction of sp³-hybridized carbons (Fsp3) is 0.111. The van der Waals surface area contributed by atoms with Crippen LogP contribution in [0.2, 0.25) is 0 Å². The monoisotopic (exact) mass is 254 g/mol. The number of hydrogen-bond donors (Lipinski definition) is 1. The second kappa shape index (κ2) is 5.81. The number of benzene rings is 1. The van der Waals surface area contributed by atoms with Crippen molar-refractivity contribution in [3.05, 3.63) is 34.1 Å². The number of nitrogens with zero attached hydrogens (tertiary/aromatic N) is 3. The summed E-state index contributed by atoms with van der Waals surface area (Å²) in [6, 6.07) is 2.94. The first-order valence-corrected chi connectivity index (χ1v) is 5.52. The number of aliphatic imine (C=N–C) groups is 1. The van der Waals surface area contributed by atoms with Gasteiger partial charge in [0.25, 0.3) is 5.69 Å². The molecule has 0 aliphatic heterocycles. The van der Waals surface area contributed by atoms with Crippen molar-refractivity contribution in [2.75, 3.05) is 6.26 Å². The summed E-state index contributed by atoms with van der Waals surface area (Å²) in [5, 5.41) is 21.5. The highest BCUT2D eigenvalue weighted by Gasteiger charge is 2.14. The van der Waals surface area contributed by atoms with E-state index in [1.54, 1.807) is 12.4 Å². The van der Waals surface area contributed by atoms with Gasteiger partial charge in [0, 0.05) is 12.1 Å². The predicted octanol–water partition coefficient (Wildman–Crippen LogP) is 2.16. The molecule has 0 radical (unpaired) electrons. The van der Waals surface area contributed by atoms with Gasteiger partial charge in [-0.3, -0.25) is 15.4 Å². The zero-order chi connectivity index (χ0) is 12.8. The van der Waals surface area contributed by atoms with Crippen LogP contribution in [-0.4, -0.2) is 16.3 Å². The lowest BCUT2D eigenvalue weighted by Gasteiger charge is -2.01. The zero-order valence-corrected chi connectivity index (χ0v) is 9.49. The third-order valence-electron chi connectivity index (χ3n) is 1.71. The lowest BCUT2D eigenvalue weighted by atomic mass is 10.2. The van der Waals surface area contributed by atoms with Gasteiger partial charge < -0.3 is 0 Å². The molecule has 1 rings (SSSR count). The molecule has 1 aromatic rings. The molecular weight excluding hydrogens is 247 g/mol. The molecule has 17 heavy (non-hydrogen) atoms. The van der Waals surface area contributed by atoms with E-state index < -0.39 is 10.7 Å². The number of nitro groups is 1. The van der Waals surface area contributed by atoms with Gasteiger partial charge in [0.05, 0.1) is 4.92 Å². The fourth-order valence-electron chi connectivity index (χ4n) is 1.02. The summed E-state index contributed by atoms with van der Waals surface area (Å²) in [6.07, 6.45) is 3.27. The molecule has 0 bridgehead atoms. The maximum absolute atomic E-state index is 13.0. The van der Waals surface area contributed by atoms with E-state index in [4.69, 9.17) is 5.26 Å². The molecule has 88 valence electrons. The van der Waals surface area contributed by atoms with Crippen molar-refractivity contribution in [1.29, 1.82) is 5.26 Å². The second-order valence-electron chi connectivity index (χ2n) is 2.75. The molecule has 0 aliphatic carbocycles. The van der Waals surface area contributed by atoms with Gasteiger partial charge in [0.2, 0.25) is 0 Å². The van der Waals surface area contributed by atoms with E-state index in [-0.39, 0.29) is 16.5 Å². The number of thioether (sulfide) groups is 1. The molecule has 1 N–H and O–H groups in total. The Kier molecular flexibility index (Phi) is 4.42. The van der Waals surface area contributed by atoms with Crippen LogP contribution >= 0.6 is 11.8 Å². The molecule has 0 aliphatic rings. The Morgan fingerprint density at radius 1 is 1.71 bits per heavy atom. The Morgan fingerprint density at radius 2 is 2.41 bits per heavy atom. The zero-order valence-electron chi connectivity index (χ0n) is 8.68. The van der Waals surface area contributed by atoms with Gasteiger partial charge in [-0.05, 0) is 12.3 Å². The molecule has 0 saturated carbocycles. The number of nitro benzene ring substituents is 1. The van der Waals surface area contributed by atoms with Crippen molar-refractivity contribution in [3.8, 4) is 6.19 Å². The van der Waals surface area contributed by atoms with Crippen molar-refractivity contribution >= 4 is 28.3 Å². The lowest BCUT2D eigenvalue weighted by molar-refractivity contribution is -0.384. The first kappa shape index (κ1) is 12.9. The number of hydrogen-bond acceptors (Lipinski definition) is 5. The van der Waals surface area contributed by atoms with Gasteiger partial charge in [-0.1, -0.05) is 11.8 Å². The summed E-state index contributed by atoms with van der Waals surface area (Å²) in [7, 11) is 0. The number of rotatable bonds is 2. The summed E-state index contributed by atoms with van der Waals surface area (Å²) in [5.41, 5.74) is -0.459. The molecule has 0 amide bonds. The van der Waals surface area contributed by atoms with Crippen molar-refractivity contribution in [2.45, 2.75) is 0 Å². The van der Waals surface area contributed by atoms with Crippen LogP contribution < -0.4 is 5.32 Å². The lowest BCUT2D eigenvalue weighted by Crippen LogP contribution is -2.12. The Labute approximate surface area is 100 Å². The van der Waals surface area contributed by atoms with Gasteiger partial charge in [0.1, 0.15) is 11.5 Å². The van der Waals surface area contributed by atoms with Crippen LogP contribution in [0.5, 0.6) is 0 Å². The first-order valence-electron chi connectivity index (χ1n) is 4.30. The van der Waals surface area contributed by atoms with Gasteiger partial charge in [-0.2, -0.15) is 5.26 Å². The van der Waals surface area contributed by atoms with Gasteiger partial charge in [-0.15, -0.1) is 0 Å². The number of amidine groups is 1. The quantitative estimate of drug-likeness (QED) is 0.218. The van der Waals surface area contributed by atoms with Crippen molar-refractivity contribution in [1.82, 2.24) is 5.32 Å². The molecule has 0 heterocycles. The maximum atomic E-state index is 13.0. The minimum Gasteiger partial charge on any atom is -0.271 e. The average Bonchev–Trinajstić information content (AvgIpc) is 2.28. The molecule has 0 atom stereocenters. The Balaban J connectivity index is 3.24. The van der Waals surface area contributed by atoms with E-state index in [9.17, 15) is 14.5 Å². The van der Waals surface area contributed by atoms with E-state index in [0.29, 0.717) is 0 Å². The van der Waals surface area contributed by atoms with E-state index in [1.807, 2.05) is 0 Å². The molecule has 0 aromatic heterocycles. The number of nitrogens with one attached hydrogen (secondary N) is 1. The number of halogens is 1. The third-order valence-corrected chi connectivity index (χ3v) is 2.29. The molecule has 1 aromatic carbocycles. The molecule has 0 saturated heterocycles. The summed E-state index contributed by atoms with van der Waals surface area (Å²) in [4.78, 5) is 13.8. The van der Waals surface area contributed by atoms with Gasteiger partial charge in [-0.25, -0.2) is 9.38 Å². The summed E-state index contributed by atoms with van der Waals surface area (Å²) in [5.74, 6) is -0.633. The SMILES string of the molecule is CSC(=Nc1cc(F)ccc1[N+](=O)[O-])NC#N. The van der Waals surface area contributed by atoms with Gasteiger partial charge >= 0.3 is 0 Å². The van der Waals surface area contributed by atoms with Crippen molar-refractivity contribution in [2.24, 2.45) is 4.99 Å². The third kappa shape index (κ3) is 3.42. The van der Waals surface area contributed by atoms with Crippen LogP contribution in [-0.2, 0) is 0 Å². The highest BCUT2D eigenvalue weighted by atomic mass is 32.2. The van der Waals surface area contributed by atoms with E-state index >= 15 is 0 Å². The Bertz CT molecular complexity index is 512. The van der Waals surface area contributed by atoms with Crippen LogP contribution in [0.1, 0.15) is 0 Å². The van der Waals surface area contributed by atoms with Crippen molar-refractivity contribution in [3.63, 3.8) is 0 Å². The standard InChI is InChI=1S/C9H7FN4O2S/c1-17-9(12-5-11)13-7-4-6(10)2-3-8(7)14(15)16/h2-4H,1H3,(H,12,13). The second-order valence-corrected chi connectivity index (χ2v) is 3.54. The van der Waals surface area contributed by atoms with E-state index in [2.05, 4.69) is 10.3 Å². The largest absolute Gasteiger partial charge is 0.295 e. The minimum atomic E-state index is -0.664. The molecule has 0 unspecified atom stereocenters. The highest BCUT2D eigenvalue weighted by Crippen LogP contribution is 2.28. The minimum absolute atomic E-state index is 0.137. The van der Waals surface area contributed by atoms with Crippen LogP contribution in [0.4, 0.5) is 15.8 Å². The fourth-order valence-corrected chi connectivity index (χ4v) is 1.36. The molecule has 6 nitrogen and oxygen atoms in total. The summed E-state index contributed by atoms with van der Waals surface area (Å²) >= 11 is 1.09. The Hall–Kier alpha value is -2.14. The Morgan fingerprint density at radius 3 is 2.94 bits per heavy atom. The molecule has 0 fully saturated rings. The van der Waals surface area contributed by atoms with Crippen LogP contribution in [0.25, 0.3) is 0 Å². The molecule has 8 heteroatoms. The first-order chi connectivity index (χ1) is 8.08. The maximum Gasteiger partial charge on any atom is 0.295 e. The van der Waals surface area contributed by atoms with Crippen molar-refractivity contribution < 1.29 is 9.31 Å². The summed E-state index contributed by atoms with van der Waals surface area (Å²) in [6.45, 7) is 0. The molecule has 0 spiro atoms. The van der Waals surface area contributed by atoms with Gasteiger partial charge in [0.15, 0.2) is 11.4 Å². The van der Waals surface area contributed by atoms with Crippen LogP contribution in [0.3, 0.4) is 0 Å².